The first kappa shape index (κ1) is 12.9. The smallest absolute Gasteiger partial charge is 0.162 e. The van der Waals surface area contributed by atoms with Crippen molar-refractivity contribution in [3.63, 3.8) is 0 Å². The standard InChI is InChI=1S/C17H18N2O/c1-20-16-12-14(13-6-3-2-4-7-13)8-9-15(16)17-18-10-5-11-19-17/h5-6,8-12H,2-4,7H2,1H3. The van der Waals surface area contributed by atoms with E-state index in [-0.39, 0.29) is 0 Å². The van der Waals surface area contributed by atoms with Gasteiger partial charge in [0.05, 0.1) is 12.7 Å². The molecule has 3 heteroatoms. The molecule has 0 saturated carbocycles. The molecular formula is C17H18N2O. The van der Waals surface area contributed by atoms with Crippen LogP contribution >= 0.6 is 0 Å². The molecule has 0 radical (unpaired) electrons. The Morgan fingerprint density at radius 3 is 2.65 bits per heavy atom. The Balaban J connectivity index is 2.00. The number of ether oxygens (including phenoxy) is 1. The highest BCUT2D eigenvalue weighted by atomic mass is 16.5. The van der Waals surface area contributed by atoms with Gasteiger partial charge in [-0.25, -0.2) is 9.97 Å². The molecule has 1 aliphatic rings. The van der Waals surface area contributed by atoms with E-state index in [9.17, 15) is 0 Å². The Bertz CT molecular complexity index is 620. The molecule has 3 nitrogen and oxygen atoms in total. The molecule has 20 heavy (non-hydrogen) atoms. The fourth-order valence-electron chi connectivity index (χ4n) is 2.61. The highest BCUT2D eigenvalue weighted by Crippen LogP contribution is 2.33. The minimum absolute atomic E-state index is 0.702. The van der Waals surface area contributed by atoms with Gasteiger partial charge >= 0.3 is 0 Å². The molecule has 0 bridgehead atoms. The third-order valence-corrected chi connectivity index (χ3v) is 3.67. The Kier molecular flexibility index (Phi) is 3.77. The molecule has 102 valence electrons. The molecule has 0 spiro atoms. The topological polar surface area (TPSA) is 35.0 Å². The summed E-state index contributed by atoms with van der Waals surface area (Å²) >= 11 is 0. The summed E-state index contributed by atoms with van der Waals surface area (Å²) in [4.78, 5) is 8.59. The summed E-state index contributed by atoms with van der Waals surface area (Å²) in [7, 11) is 1.70. The van der Waals surface area contributed by atoms with Crippen molar-refractivity contribution in [2.75, 3.05) is 7.11 Å². The number of rotatable bonds is 3. The second kappa shape index (κ2) is 5.87. The van der Waals surface area contributed by atoms with E-state index in [1.54, 1.807) is 19.5 Å². The van der Waals surface area contributed by atoms with Crippen LogP contribution in [0.25, 0.3) is 17.0 Å². The van der Waals surface area contributed by atoms with E-state index in [0.717, 1.165) is 17.7 Å². The molecule has 1 aromatic heterocycles. The van der Waals surface area contributed by atoms with E-state index in [2.05, 4.69) is 34.2 Å². The van der Waals surface area contributed by atoms with Gasteiger partial charge in [-0.05, 0) is 55.0 Å². The van der Waals surface area contributed by atoms with Crippen LogP contribution in [0.1, 0.15) is 31.2 Å². The fraction of sp³-hybridized carbons (Fsp3) is 0.294. The number of allylic oxidation sites excluding steroid dienone is 2. The highest BCUT2D eigenvalue weighted by molar-refractivity contribution is 5.73. The van der Waals surface area contributed by atoms with E-state index in [1.165, 1.54) is 30.4 Å². The Labute approximate surface area is 119 Å². The number of benzene rings is 1. The van der Waals surface area contributed by atoms with Crippen molar-refractivity contribution in [1.82, 2.24) is 9.97 Å². The van der Waals surface area contributed by atoms with Crippen molar-refractivity contribution in [2.45, 2.75) is 25.7 Å². The van der Waals surface area contributed by atoms with Gasteiger partial charge in [-0.2, -0.15) is 0 Å². The number of nitrogens with zero attached hydrogens (tertiary/aromatic N) is 2. The maximum atomic E-state index is 5.52. The van der Waals surface area contributed by atoms with Gasteiger partial charge in [-0.1, -0.05) is 12.1 Å². The second-order valence-electron chi connectivity index (χ2n) is 4.96. The lowest BCUT2D eigenvalue weighted by atomic mass is 9.93. The summed E-state index contributed by atoms with van der Waals surface area (Å²) in [5, 5.41) is 0. The van der Waals surface area contributed by atoms with Gasteiger partial charge in [0.15, 0.2) is 5.82 Å². The van der Waals surface area contributed by atoms with Crippen LogP contribution in [0.4, 0.5) is 0 Å². The molecule has 0 fully saturated rings. The molecule has 0 atom stereocenters. The van der Waals surface area contributed by atoms with Crippen LogP contribution < -0.4 is 4.74 Å². The Hall–Kier alpha value is -2.16. The number of aromatic nitrogens is 2. The first-order chi connectivity index (χ1) is 9.88. The maximum absolute atomic E-state index is 5.52. The van der Waals surface area contributed by atoms with Crippen LogP contribution in [-0.4, -0.2) is 17.1 Å². The van der Waals surface area contributed by atoms with Crippen molar-refractivity contribution in [1.29, 1.82) is 0 Å². The predicted octanol–water partition coefficient (Wildman–Crippen LogP) is 4.11. The second-order valence-corrected chi connectivity index (χ2v) is 4.96. The summed E-state index contributed by atoms with van der Waals surface area (Å²) < 4.78 is 5.52. The van der Waals surface area contributed by atoms with Crippen molar-refractivity contribution in [2.24, 2.45) is 0 Å². The van der Waals surface area contributed by atoms with Gasteiger partial charge in [0.25, 0.3) is 0 Å². The summed E-state index contributed by atoms with van der Waals surface area (Å²) in [6.45, 7) is 0. The molecule has 1 heterocycles. The van der Waals surface area contributed by atoms with Gasteiger partial charge in [0.2, 0.25) is 0 Å². The molecule has 1 aliphatic carbocycles. The number of methoxy groups -OCH3 is 1. The molecule has 0 saturated heterocycles. The average molecular weight is 266 g/mol. The monoisotopic (exact) mass is 266 g/mol. The lowest BCUT2D eigenvalue weighted by Crippen LogP contribution is -1.96. The van der Waals surface area contributed by atoms with Gasteiger partial charge in [-0.15, -0.1) is 0 Å². The summed E-state index contributed by atoms with van der Waals surface area (Å²) in [5.41, 5.74) is 3.62. The van der Waals surface area contributed by atoms with E-state index in [1.807, 2.05) is 6.07 Å². The van der Waals surface area contributed by atoms with Crippen LogP contribution in [0, 0.1) is 0 Å². The minimum Gasteiger partial charge on any atom is -0.496 e. The zero-order valence-corrected chi connectivity index (χ0v) is 11.7. The van der Waals surface area contributed by atoms with E-state index in [4.69, 9.17) is 4.74 Å². The lowest BCUT2D eigenvalue weighted by molar-refractivity contribution is 0.416. The van der Waals surface area contributed by atoms with E-state index in [0.29, 0.717) is 5.82 Å². The van der Waals surface area contributed by atoms with Crippen LogP contribution in [0.5, 0.6) is 5.75 Å². The quantitative estimate of drug-likeness (QED) is 0.838. The van der Waals surface area contributed by atoms with Crippen LogP contribution in [0.3, 0.4) is 0 Å². The van der Waals surface area contributed by atoms with Crippen molar-refractivity contribution in [3.8, 4) is 17.1 Å². The van der Waals surface area contributed by atoms with Crippen LogP contribution in [0.2, 0.25) is 0 Å². The molecule has 0 amide bonds. The SMILES string of the molecule is COc1cc(C2=CCCCC2)ccc1-c1ncccn1. The van der Waals surface area contributed by atoms with Gasteiger partial charge in [-0.3, -0.25) is 0 Å². The molecular weight excluding hydrogens is 248 g/mol. The van der Waals surface area contributed by atoms with Crippen LogP contribution in [-0.2, 0) is 0 Å². The Morgan fingerprint density at radius 2 is 1.95 bits per heavy atom. The normalized spacial score (nSPS) is 14.8. The highest BCUT2D eigenvalue weighted by Gasteiger charge is 2.12. The Morgan fingerprint density at radius 1 is 1.10 bits per heavy atom. The summed E-state index contributed by atoms with van der Waals surface area (Å²) in [5.74, 6) is 1.54. The number of hydrogen-bond acceptors (Lipinski definition) is 3. The third kappa shape index (κ3) is 2.57. The van der Waals surface area contributed by atoms with Crippen LogP contribution in [0.15, 0.2) is 42.7 Å². The zero-order valence-electron chi connectivity index (χ0n) is 11.7. The van der Waals surface area contributed by atoms with Gasteiger partial charge in [0.1, 0.15) is 5.75 Å². The first-order valence-corrected chi connectivity index (χ1v) is 7.03. The molecule has 0 aliphatic heterocycles. The molecule has 2 aromatic rings. The molecule has 0 unspecified atom stereocenters. The largest absolute Gasteiger partial charge is 0.496 e. The van der Waals surface area contributed by atoms with Crippen molar-refractivity contribution in [3.05, 3.63) is 48.3 Å². The van der Waals surface area contributed by atoms with Crippen molar-refractivity contribution >= 4 is 5.57 Å². The lowest BCUT2D eigenvalue weighted by Gasteiger charge is -2.15. The van der Waals surface area contributed by atoms with E-state index >= 15 is 0 Å². The minimum atomic E-state index is 0.702. The fourth-order valence-corrected chi connectivity index (χ4v) is 2.61. The average Bonchev–Trinajstić information content (AvgIpc) is 2.56. The van der Waals surface area contributed by atoms with Crippen molar-refractivity contribution < 1.29 is 4.74 Å². The van der Waals surface area contributed by atoms with Gasteiger partial charge < -0.3 is 4.74 Å². The molecule has 0 N–H and O–H groups in total. The predicted molar refractivity (Wildman–Crippen MR) is 80.5 cm³/mol. The summed E-state index contributed by atoms with van der Waals surface area (Å²) in [6, 6.07) is 8.12. The first-order valence-electron chi connectivity index (χ1n) is 7.03. The zero-order chi connectivity index (χ0) is 13.8. The summed E-state index contributed by atoms with van der Waals surface area (Å²) in [6.07, 6.45) is 10.8. The van der Waals surface area contributed by atoms with E-state index < -0.39 is 0 Å². The molecule has 3 rings (SSSR count). The number of hydrogen-bond donors (Lipinski definition) is 0. The third-order valence-electron chi connectivity index (χ3n) is 3.67. The van der Waals surface area contributed by atoms with Gasteiger partial charge in [0, 0.05) is 12.4 Å². The maximum Gasteiger partial charge on any atom is 0.162 e. The molecule has 1 aromatic carbocycles.